The Hall–Kier alpha value is 0.424. The van der Waals surface area contributed by atoms with Crippen LogP contribution in [0.5, 0.6) is 0 Å². The first kappa shape index (κ1) is 16.4. The fourth-order valence-corrected chi connectivity index (χ4v) is 8.62. The summed E-state index contributed by atoms with van der Waals surface area (Å²) in [6.45, 7) is 14.6. The van der Waals surface area contributed by atoms with E-state index in [1.807, 2.05) is 5.70 Å². The summed E-state index contributed by atoms with van der Waals surface area (Å²) in [6, 6.07) is 0. The third kappa shape index (κ3) is 4.02. The van der Waals surface area contributed by atoms with Gasteiger partial charge in [-0.3, -0.25) is 0 Å². The minimum absolute atomic E-state index is 0.362. The summed E-state index contributed by atoms with van der Waals surface area (Å²) < 4.78 is 6.31. The summed E-state index contributed by atoms with van der Waals surface area (Å²) in [7, 11) is -1.31. The largest absolute Gasteiger partial charge is 0.412 e. The smallest absolute Gasteiger partial charge is 0.202 e. The Bertz CT molecular complexity index is 193. The molecule has 94 valence electrons. The zero-order chi connectivity index (χ0) is 12.8. The average molecular weight is 277 g/mol. The molecule has 2 radical (unpaired) electrons. The van der Waals surface area contributed by atoms with E-state index < -0.39 is 8.32 Å². The quantitative estimate of drug-likeness (QED) is 0.490. The molecule has 0 fully saturated rings. The molecule has 0 aromatic heterocycles. The van der Waals surface area contributed by atoms with E-state index in [4.69, 9.17) is 15.5 Å². The standard InChI is InChI=1S/C12H25ClOSi2/c1-10(2)16(11(3)4,12(5)6)14-8-7-9-15-13/h7,9-12H,8H2,1-6H3. The Labute approximate surface area is 109 Å². The molecule has 0 aliphatic rings. The first-order chi connectivity index (χ1) is 7.39. The predicted molar refractivity (Wildman–Crippen MR) is 77.7 cm³/mol. The summed E-state index contributed by atoms with van der Waals surface area (Å²) in [5.41, 5.74) is 3.94. The Morgan fingerprint density at radius 3 is 1.81 bits per heavy atom. The fourth-order valence-electron chi connectivity index (χ4n) is 2.79. The van der Waals surface area contributed by atoms with Gasteiger partial charge in [0.05, 0.1) is 6.61 Å². The molecule has 0 aliphatic carbocycles. The van der Waals surface area contributed by atoms with Crippen LogP contribution in [0.1, 0.15) is 41.5 Å². The molecule has 0 N–H and O–H groups in total. The molecule has 0 aromatic rings. The highest BCUT2D eigenvalue weighted by molar-refractivity contribution is 6.96. The van der Waals surface area contributed by atoms with E-state index in [0.717, 1.165) is 6.61 Å². The molecule has 0 aromatic carbocycles. The highest BCUT2D eigenvalue weighted by Crippen LogP contribution is 2.42. The van der Waals surface area contributed by atoms with E-state index in [1.54, 1.807) is 0 Å². The molecule has 0 atom stereocenters. The van der Waals surface area contributed by atoms with Gasteiger partial charge >= 0.3 is 0 Å². The predicted octanol–water partition coefficient (Wildman–Crippen LogP) is 4.55. The lowest BCUT2D eigenvalue weighted by atomic mass is 10.5. The van der Waals surface area contributed by atoms with Crippen molar-refractivity contribution in [2.75, 3.05) is 6.61 Å². The van der Waals surface area contributed by atoms with Crippen LogP contribution in [0.15, 0.2) is 11.8 Å². The molecule has 0 spiro atoms. The summed E-state index contributed by atoms with van der Waals surface area (Å²) in [5, 5.41) is 0. The molecule has 4 heteroatoms. The minimum atomic E-state index is -1.67. The third-order valence-corrected chi connectivity index (χ3v) is 10.1. The van der Waals surface area contributed by atoms with E-state index in [9.17, 15) is 0 Å². The van der Waals surface area contributed by atoms with Gasteiger partial charge in [-0.1, -0.05) is 53.3 Å². The second-order valence-electron chi connectivity index (χ2n) is 5.14. The Balaban J connectivity index is 4.70. The lowest BCUT2D eigenvalue weighted by Gasteiger charge is -2.41. The second kappa shape index (κ2) is 7.69. The molecule has 0 heterocycles. The number of hydrogen-bond donors (Lipinski definition) is 0. The van der Waals surface area contributed by atoms with Crippen LogP contribution < -0.4 is 0 Å². The molecule has 0 saturated carbocycles. The van der Waals surface area contributed by atoms with Gasteiger partial charge in [0, 0.05) is 0 Å². The molecular weight excluding hydrogens is 252 g/mol. The highest BCUT2D eigenvalue weighted by atomic mass is 35.6. The van der Waals surface area contributed by atoms with Crippen molar-refractivity contribution in [2.24, 2.45) is 0 Å². The number of halogens is 1. The van der Waals surface area contributed by atoms with Crippen LogP contribution >= 0.6 is 11.1 Å². The number of rotatable bonds is 7. The van der Waals surface area contributed by atoms with Gasteiger partial charge in [0.1, 0.15) is 0 Å². The monoisotopic (exact) mass is 276 g/mol. The van der Waals surface area contributed by atoms with Crippen molar-refractivity contribution in [3.63, 3.8) is 0 Å². The van der Waals surface area contributed by atoms with Crippen LogP contribution in [0, 0.1) is 0 Å². The summed E-state index contributed by atoms with van der Waals surface area (Å²) in [5.74, 6) is 0. The van der Waals surface area contributed by atoms with Crippen molar-refractivity contribution >= 4 is 28.2 Å². The molecule has 0 amide bonds. The van der Waals surface area contributed by atoms with Crippen molar-refractivity contribution in [1.29, 1.82) is 0 Å². The van der Waals surface area contributed by atoms with Gasteiger partial charge in [-0.2, -0.15) is 11.1 Å². The first-order valence-corrected chi connectivity index (χ1v) is 10.3. The maximum Gasteiger partial charge on any atom is 0.202 e. The Morgan fingerprint density at radius 1 is 1.06 bits per heavy atom. The van der Waals surface area contributed by atoms with E-state index in [2.05, 4.69) is 47.6 Å². The molecule has 16 heavy (non-hydrogen) atoms. The maximum absolute atomic E-state index is 6.31. The van der Waals surface area contributed by atoms with E-state index in [-0.39, 0.29) is 0 Å². The molecule has 0 saturated heterocycles. The van der Waals surface area contributed by atoms with Crippen molar-refractivity contribution in [1.82, 2.24) is 0 Å². The topological polar surface area (TPSA) is 9.23 Å². The minimum Gasteiger partial charge on any atom is -0.412 e. The van der Waals surface area contributed by atoms with Crippen molar-refractivity contribution in [3.05, 3.63) is 11.8 Å². The van der Waals surface area contributed by atoms with Crippen LogP contribution in [0.3, 0.4) is 0 Å². The molecule has 0 rings (SSSR count). The Morgan fingerprint density at radius 2 is 1.50 bits per heavy atom. The van der Waals surface area contributed by atoms with Crippen LogP contribution in [-0.2, 0) is 4.43 Å². The van der Waals surface area contributed by atoms with Gasteiger partial charge in [-0.05, 0) is 16.6 Å². The molecule has 1 nitrogen and oxygen atoms in total. The van der Waals surface area contributed by atoms with Crippen molar-refractivity contribution < 1.29 is 4.43 Å². The zero-order valence-corrected chi connectivity index (χ0v) is 14.1. The summed E-state index contributed by atoms with van der Waals surface area (Å²) in [6.07, 6.45) is 2.06. The van der Waals surface area contributed by atoms with E-state index >= 15 is 0 Å². The SMILES string of the molecule is CC(C)[Si](OCC=C[Si]Cl)(C(C)C)C(C)C. The average Bonchev–Trinajstić information content (AvgIpc) is 2.16. The van der Waals surface area contributed by atoms with Gasteiger partial charge < -0.3 is 4.43 Å². The van der Waals surface area contributed by atoms with Gasteiger partial charge in [0.25, 0.3) is 0 Å². The van der Waals surface area contributed by atoms with E-state index in [0.29, 0.717) is 25.5 Å². The van der Waals surface area contributed by atoms with Crippen molar-refractivity contribution in [3.8, 4) is 0 Å². The number of hydrogen-bond acceptors (Lipinski definition) is 1. The lowest BCUT2D eigenvalue weighted by Crippen LogP contribution is -2.47. The first-order valence-electron chi connectivity index (χ1n) is 6.04. The highest BCUT2D eigenvalue weighted by Gasteiger charge is 2.44. The van der Waals surface area contributed by atoms with Gasteiger partial charge in [0.15, 0.2) is 0 Å². The van der Waals surface area contributed by atoms with Gasteiger partial charge in [0.2, 0.25) is 17.1 Å². The zero-order valence-electron chi connectivity index (χ0n) is 11.4. The molecule has 0 aliphatic heterocycles. The van der Waals surface area contributed by atoms with Crippen LogP contribution in [0.4, 0.5) is 0 Å². The molecule has 0 unspecified atom stereocenters. The van der Waals surface area contributed by atoms with E-state index in [1.165, 1.54) is 0 Å². The van der Waals surface area contributed by atoms with Crippen molar-refractivity contribution in [2.45, 2.75) is 58.2 Å². The van der Waals surface area contributed by atoms with Gasteiger partial charge in [-0.25, -0.2) is 0 Å². The summed E-state index contributed by atoms with van der Waals surface area (Å²) in [4.78, 5) is 0. The summed E-state index contributed by atoms with van der Waals surface area (Å²) >= 11 is 5.64. The Kier molecular flexibility index (Phi) is 7.90. The second-order valence-corrected chi connectivity index (χ2v) is 11.8. The molecular formula is C12H25ClOSi2. The normalized spacial score (nSPS) is 13.6. The maximum atomic E-state index is 6.31. The molecule has 0 bridgehead atoms. The lowest BCUT2D eigenvalue weighted by molar-refractivity contribution is 0.316. The van der Waals surface area contributed by atoms with Gasteiger partial charge in [-0.15, -0.1) is 0 Å². The third-order valence-electron chi connectivity index (χ3n) is 3.32. The van der Waals surface area contributed by atoms with Crippen LogP contribution in [-0.4, -0.2) is 23.8 Å². The van der Waals surface area contributed by atoms with Crippen LogP contribution in [0.25, 0.3) is 0 Å². The van der Waals surface area contributed by atoms with Crippen LogP contribution in [0.2, 0.25) is 16.6 Å². The fraction of sp³-hybridized carbons (Fsp3) is 0.833.